The molecular weight excluding hydrogens is 320 g/mol. The first-order valence-electron chi connectivity index (χ1n) is 7.20. The number of nitrogens with two attached hydrogens (primary N) is 2. The van der Waals surface area contributed by atoms with Gasteiger partial charge in [0.25, 0.3) is 10.0 Å². The van der Waals surface area contributed by atoms with Crippen LogP contribution in [0.3, 0.4) is 0 Å². The molecule has 0 atom stereocenters. The van der Waals surface area contributed by atoms with Gasteiger partial charge in [0, 0.05) is 11.4 Å². The maximum atomic E-state index is 12.1. The molecule has 0 aliphatic heterocycles. The smallest absolute Gasteiger partial charge is 0.284 e. The van der Waals surface area contributed by atoms with E-state index in [2.05, 4.69) is 23.1 Å². The van der Waals surface area contributed by atoms with Gasteiger partial charge in [-0.05, 0) is 50.3 Å². The minimum absolute atomic E-state index is 0.0661. The first-order valence-corrected chi connectivity index (χ1v) is 9.62. The number of nitrogen functional groups attached to an aromatic ring is 1. The van der Waals surface area contributed by atoms with E-state index in [0.29, 0.717) is 5.69 Å². The molecule has 6 nitrogen and oxygen atoms in total. The topological polar surface area (TPSA) is 102 Å². The van der Waals surface area contributed by atoms with Crippen LogP contribution in [0.1, 0.15) is 20.3 Å². The number of hydrogen-bond donors (Lipinski definition) is 2. The minimum Gasteiger partial charge on any atom is -0.399 e. The Hall–Kier alpha value is -1.25. The maximum Gasteiger partial charge on any atom is 0.284 e. The van der Waals surface area contributed by atoms with Gasteiger partial charge in [-0.2, -0.15) is 8.42 Å². The number of anilines is 1. The van der Waals surface area contributed by atoms with Crippen molar-refractivity contribution in [2.24, 2.45) is 10.1 Å². The molecule has 0 radical (unpaired) electrons. The van der Waals surface area contributed by atoms with E-state index in [1.54, 1.807) is 0 Å². The Morgan fingerprint density at radius 3 is 2.36 bits per heavy atom. The third-order valence-corrected chi connectivity index (χ3v) is 5.45. The van der Waals surface area contributed by atoms with E-state index in [-0.39, 0.29) is 10.1 Å². The Balaban J connectivity index is 2.55. The summed E-state index contributed by atoms with van der Waals surface area (Å²) in [5.74, 6) is 0.739. The summed E-state index contributed by atoms with van der Waals surface area (Å²) in [5, 5.41) is 0.0661. The van der Waals surface area contributed by atoms with Crippen LogP contribution in [0.25, 0.3) is 0 Å². The molecule has 0 aliphatic rings. The predicted octanol–water partition coefficient (Wildman–Crippen LogP) is 1.74. The van der Waals surface area contributed by atoms with E-state index < -0.39 is 10.0 Å². The summed E-state index contributed by atoms with van der Waals surface area (Å²) in [6, 6.07) is 5.89. The maximum absolute atomic E-state index is 12.1. The van der Waals surface area contributed by atoms with E-state index in [1.165, 1.54) is 36.0 Å². The van der Waals surface area contributed by atoms with Crippen molar-refractivity contribution in [2.75, 3.05) is 31.1 Å². The standard InChI is InChI=1S/C14H24N4O2S2/c1-3-18(4-2)10-5-11-21-14(16)17-22(19,20)13-8-6-12(15)7-9-13/h6-9H,3-5,10-11,15H2,1-2H3,(H2,16,17). The fourth-order valence-electron chi connectivity index (χ4n) is 1.84. The zero-order valence-corrected chi connectivity index (χ0v) is 14.7. The lowest BCUT2D eigenvalue weighted by Gasteiger charge is -2.17. The lowest BCUT2D eigenvalue weighted by atomic mass is 10.3. The molecule has 0 saturated carbocycles. The first kappa shape index (κ1) is 18.8. The highest BCUT2D eigenvalue weighted by molar-refractivity contribution is 8.14. The summed E-state index contributed by atoms with van der Waals surface area (Å²) in [7, 11) is -3.76. The lowest BCUT2D eigenvalue weighted by Crippen LogP contribution is -2.24. The second-order valence-electron chi connectivity index (χ2n) is 4.70. The van der Waals surface area contributed by atoms with E-state index in [4.69, 9.17) is 11.5 Å². The fourth-order valence-corrected chi connectivity index (χ4v) is 3.65. The molecule has 124 valence electrons. The molecule has 0 heterocycles. The molecule has 0 saturated heterocycles. The van der Waals surface area contributed by atoms with Crippen LogP contribution in [0, 0.1) is 0 Å². The van der Waals surface area contributed by atoms with Gasteiger partial charge in [0.1, 0.15) is 0 Å². The van der Waals surface area contributed by atoms with Gasteiger partial charge in [-0.1, -0.05) is 25.6 Å². The van der Waals surface area contributed by atoms with Gasteiger partial charge in [-0.15, -0.1) is 4.40 Å². The van der Waals surface area contributed by atoms with Crippen molar-refractivity contribution in [2.45, 2.75) is 25.2 Å². The van der Waals surface area contributed by atoms with E-state index in [9.17, 15) is 8.42 Å². The van der Waals surface area contributed by atoms with Crippen molar-refractivity contribution in [3.05, 3.63) is 24.3 Å². The fraction of sp³-hybridized carbons (Fsp3) is 0.500. The molecule has 0 fully saturated rings. The monoisotopic (exact) mass is 344 g/mol. The van der Waals surface area contributed by atoms with E-state index >= 15 is 0 Å². The molecule has 0 unspecified atom stereocenters. The highest BCUT2D eigenvalue weighted by Crippen LogP contribution is 2.16. The highest BCUT2D eigenvalue weighted by Gasteiger charge is 2.13. The van der Waals surface area contributed by atoms with Crippen molar-refractivity contribution in [3.63, 3.8) is 0 Å². The van der Waals surface area contributed by atoms with Gasteiger partial charge >= 0.3 is 0 Å². The largest absolute Gasteiger partial charge is 0.399 e. The number of benzene rings is 1. The van der Waals surface area contributed by atoms with Gasteiger partial charge in [-0.3, -0.25) is 0 Å². The lowest BCUT2D eigenvalue weighted by molar-refractivity contribution is 0.305. The van der Waals surface area contributed by atoms with Crippen LogP contribution in [0.15, 0.2) is 33.6 Å². The SMILES string of the molecule is CCN(CC)CCCSC(N)=NS(=O)(=O)c1ccc(N)cc1. The Labute approximate surface area is 137 Å². The number of thioether (sulfide) groups is 1. The Morgan fingerprint density at radius 1 is 1.23 bits per heavy atom. The van der Waals surface area contributed by atoms with Crippen molar-refractivity contribution in [3.8, 4) is 0 Å². The second-order valence-corrected chi connectivity index (χ2v) is 7.42. The number of nitrogens with zero attached hydrogens (tertiary/aromatic N) is 2. The number of sulfonamides is 1. The van der Waals surface area contributed by atoms with Crippen LogP contribution in [0.2, 0.25) is 0 Å². The summed E-state index contributed by atoms with van der Waals surface area (Å²) >= 11 is 1.26. The van der Waals surface area contributed by atoms with Crippen molar-refractivity contribution < 1.29 is 8.42 Å². The van der Waals surface area contributed by atoms with Crippen LogP contribution >= 0.6 is 11.8 Å². The Morgan fingerprint density at radius 2 is 1.82 bits per heavy atom. The molecule has 8 heteroatoms. The summed E-state index contributed by atoms with van der Waals surface area (Å²) in [6.45, 7) is 7.22. The second kappa shape index (κ2) is 9.02. The molecule has 0 amide bonds. The minimum atomic E-state index is -3.76. The van der Waals surface area contributed by atoms with Crippen molar-refractivity contribution in [1.29, 1.82) is 0 Å². The van der Waals surface area contributed by atoms with Crippen LogP contribution < -0.4 is 11.5 Å². The molecule has 0 spiro atoms. The number of hydrogen-bond acceptors (Lipinski definition) is 5. The third-order valence-electron chi connectivity index (χ3n) is 3.15. The number of amidine groups is 1. The van der Waals surface area contributed by atoms with Crippen molar-refractivity contribution >= 4 is 32.6 Å². The van der Waals surface area contributed by atoms with Crippen molar-refractivity contribution in [1.82, 2.24) is 4.90 Å². The molecule has 1 aromatic rings. The Bertz CT molecular complexity index is 581. The molecule has 0 aliphatic carbocycles. The highest BCUT2D eigenvalue weighted by atomic mass is 32.2. The van der Waals surface area contributed by atoms with Crippen LogP contribution in [-0.2, 0) is 10.0 Å². The van der Waals surface area contributed by atoms with Gasteiger partial charge in [0.15, 0.2) is 5.17 Å². The average molecular weight is 345 g/mol. The van der Waals surface area contributed by atoms with Gasteiger partial charge in [0.2, 0.25) is 0 Å². The van der Waals surface area contributed by atoms with Gasteiger partial charge < -0.3 is 16.4 Å². The summed E-state index contributed by atoms with van der Waals surface area (Å²) in [5.41, 5.74) is 11.7. The molecule has 22 heavy (non-hydrogen) atoms. The molecule has 1 aromatic carbocycles. The molecule has 0 aromatic heterocycles. The first-order chi connectivity index (χ1) is 10.4. The van der Waals surface area contributed by atoms with E-state index in [0.717, 1.165) is 31.8 Å². The zero-order valence-electron chi connectivity index (χ0n) is 13.0. The van der Waals surface area contributed by atoms with E-state index in [1.807, 2.05) is 0 Å². The van der Waals surface area contributed by atoms with Crippen LogP contribution in [0.4, 0.5) is 5.69 Å². The van der Waals surface area contributed by atoms with Crippen LogP contribution in [0.5, 0.6) is 0 Å². The Kier molecular flexibility index (Phi) is 7.70. The molecule has 1 rings (SSSR count). The molecular formula is C14H24N4O2S2. The predicted molar refractivity (Wildman–Crippen MR) is 94.5 cm³/mol. The number of rotatable bonds is 8. The zero-order chi connectivity index (χ0) is 16.6. The summed E-state index contributed by atoms with van der Waals surface area (Å²) < 4.78 is 27.8. The molecule has 4 N–H and O–H groups in total. The van der Waals surface area contributed by atoms with Crippen LogP contribution in [-0.4, -0.2) is 43.9 Å². The third kappa shape index (κ3) is 6.25. The van der Waals surface area contributed by atoms with Gasteiger partial charge in [-0.25, -0.2) is 0 Å². The average Bonchev–Trinajstić information content (AvgIpc) is 2.47. The summed E-state index contributed by atoms with van der Waals surface area (Å²) in [4.78, 5) is 2.40. The molecule has 0 bridgehead atoms. The quantitative estimate of drug-likeness (QED) is 0.322. The summed E-state index contributed by atoms with van der Waals surface area (Å²) in [6.07, 6.45) is 0.935. The van der Waals surface area contributed by atoms with Gasteiger partial charge in [0.05, 0.1) is 4.90 Å². The normalized spacial score (nSPS) is 12.8.